The molecule has 3 heterocycles. The number of hydrogen-bond donors (Lipinski definition) is 2. The Morgan fingerprint density at radius 3 is 2.77 bits per heavy atom. The van der Waals surface area contributed by atoms with Gasteiger partial charge in [-0.15, -0.1) is 6.07 Å². The van der Waals surface area contributed by atoms with Gasteiger partial charge in [-0.3, -0.25) is 19.7 Å². The Hall–Kier alpha value is -1.24. The van der Waals surface area contributed by atoms with Gasteiger partial charge in [-0.05, 0) is 25.9 Å². The van der Waals surface area contributed by atoms with Gasteiger partial charge in [0.05, 0.1) is 0 Å². The predicted octanol–water partition coefficient (Wildman–Crippen LogP) is 1.14. The first-order valence-electron chi connectivity index (χ1n) is 8.97. The van der Waals surface area contributed by atoms with E-state index in [4.69, 9.17) is 0 Å². The van der Waals surface area contributed by atoms with Crippen LogP contribution in [0.2, 0.25) is 0 Å². The second-order valence-corrected chi connectivity index (χ2v) is 6.98. The molecular formula is C19H22N3O3Y-. The number of rotatable bonds is 2. The van der Waals surface area contributed by atoms with Gasteiger partial charge in [-0.25, -0.2) is 0 Å². The Morgan fingerprint density at radius 1 is 1.12 bits per heavy atom. The van der Waals surface area contributed by atoms with Crippen molar-refractivity contribution >= 4 is 17.7 Å². The smallest absolute Gasteiger partial charge is 0.253 e. The number of piperidine rings is 1. The summed E-state index contributed by atoms with van der Waals surface area (Å²) in [6.07, 6.45) is 3.93. The standard InChI is InChI=1S/C19H22N3O3.Y/c23-17-6-5-16(18(24)21-17)22-11-14-10-13(3-4-15(14)19(22)25)12-2-1-8-20-9-7-12;/h3-4,10,16,20H,1-2,5-9,11H2,(H,21,23,24);/q-1;. The molecule has 3 aliphatic rings. The first kappa shape index (κ1) is 19.5. The SMILES string of the molecule is O=C1CCC(N2Cc3cc([C-]4CCCNCC4)ccc3C2=O)C(=O)N1.[Y]. The van der Waals surface area contributed by atoms with Crippen molar-refractivity contribution in [2.45, 2.75) is 44.7 Å². The first-order chi connectivity index (χ1) is 12.1. The molecule has 3 aliphatic heterocycles. The topological polar surface area (TPSA) is 78.5 Å². The molecule has 0 aliphatic carbocycles. The summed E-state index contributed by atoms with van der Waals surface area (Å²) in [6.45, 7) is 2.49. The van der Waals surface area contributed by atoms with Crippen LogP contribution in [0.5, 0.6) is 0 Å². The fraction of sp³-hybridized carbons (Fsp3) is 0.474. The quantitative estimate of drug-likeness (QED) is 0.546. The predicted molar refractivity (Wildman–Crippen MR) is 91.6 cm³/mol. The number of benzene rings is 1. The fourth-order valence-corrected chi connectivity index (χ4v) is 4.00. The number of imide groups is 1. The van der Waals surface area contributed by atoms with E-state index in [-0.39, 0.29) is 56.9 Å². The third-order valence-electron chi connectivity index (χ3n) is 5.37. The minimum Gasteiger partial charge on any atom is -0.323 e. The molecule has 1 aromatic rings. The largest absolute Gasteiger partial charge is 0.323 e. The summed E-state index contributed by atoms with van der Waals surface area (Å²) in [7, 11) is 0. The van der Waals surface area contributed by atoms with E-state index in [1.54, 1.807) is 4.90 Å². The number of carbonyl (C=O) groups excluding carboxylic acids is 3. The van der Waals surface area contributed by atoms with Gasteiger partial charge < -0.3 is 10.2 Å². The van der Waals surface area contributed by atoms with Gasteiger partial charge >= 0.3 is 0 Å². The number of fused-ring (bicyclic) bond motifs is 1. The van der Waals surface area contributed by atoms with Crippen LogP contribution in [0.15, 0.2) is 18.2 Å². The van der Waals surface area contributed by atoms with Crippen molar-refractivity contribution < 1.29 is 47.1 Å². The molecule has 7 heteroatoms. The average molecular weight is 429 g/mol. The van der Waals surface area contributed by atoms with Crippen LogP contribution in [-0.2, 0) is 48.8 Å². The molecule has 6 nitrogen and oxygen atoms in total. The number of hydrogen-bond acceptors (Lipinski definition) is 4. The van der Waals surface area contributed by atoms with E-state index < -0.39 is 6.04 Å². The maximum atomic E-state index is 12.7. The summed E-state index contributed by atoms with van der Waals surface area (Å²) in [5.74, 6) is 0.705. The van der Waals surface area contributed by atoms with E-state index in [0.29, 0.717) is 18.5 Å². The van der Waals surface area contributed by atoms with Crippen molar-refractivity contribution in [2.75, 3.05) is 13.1 Å². The molecule has 1 atom stereocenters. The second kappa shape index (κ2) is 8.20. The summed E-state index contributed by atoms with van der Waals surface area (Å²) in [5.41, 5.74) is 2.87. The van der Waals surface area contributed by atoms with Crippen LogP contribution in [0.4, 0.5) is 0 Å². The summed E-state index contributed by atoms with van der Waals surface area (Å²) in [5, 5.41) is 5.75. The number of nitrogens with one attached hydrogen (secondary N) is 2. The molecule has 135 valence electrons. The zero-order valence-corrected chi connectivity index (χ0v) is 17.6. The van der Waals surface area contributed by atoms with Crippen molar-refractivity contribution in [3.8, 4) is 0 Å². The van der Waals surface area contributed by atoms with Crippen LogP contribution in [0.3, 0.4) is 0 Å². The van der Waals surface area contributed by atoms with Gasteiger partial charge in [0.25, 0.3) is 5.91 Å². The van der Waals surface area contributed by atoms with Crippen molar-refractivity contribution in [2.24, 2.45) is 0 Å². The summed E-state index contributed by atoms with van der Waals surface area (Å²) in [6, 6.07) is 5.49. The molecule has 1 unspecified atom stereocenters. The van der Waals surface area contributed by atoms with E-state index in [9.17, 15) is 14.4 Å². The van der Waals surface area contributed by atoms with Crippen LogP contribution in [-0.4, -0.2) is 41.8 Å². The van der Waals surface area contributed by atoms with Gasteiger partial charge in [0.1, 0.15) is 6.04 Å². The maximum absolute atomic E-state index is 12.7. The molecule has 0 aromatic heterocycles. The van der Waals surface area contributed by atoms with E-state index in [2.05, 4.69) is 16.7 Å². The Bertz CT molecular complexity index is 729. The Balaban J connectivity index is 0.00000196. The van der Waals surface area contributed by atoms with E-state index in [0.717, 1.165) is 37.9 Å². The molecule has 1 aromatic carbocycles. The molecule has 0 bridgehead atoms. The van der Waals surface area contributed by atoms with Crippen molar-refractivity contribution in [3.05, 3.63) is 40.8 Å². The monoisotopic (exact) mass is 429 g/mol. The zero-order valence-electron chi connectivity index (χ0n) is 14.7. The molecule has 3 amide bonds. The summed E-state index contributed by atoms with van der Waals surface area (Å²) in [4.78, 5) is 37.8. The van der Waals surface area contributed by atoms with Gasteiger partial charge in [-0.2, -0.15) is 23.6 Å². The summed E-state index contributed by atoms with van der Waals surface area (Å²) >= 11 is 0. The maximum Gasteiger partial charge on any atom is 0.253 e. The Kier molecular flexibility index (Phi) is 6.15. The minimum atomic E-state index is -0.546. The Labute approximate surface area is 178 Å². The van der Waals surface area contributed by atoms with Crippen LogP contribution in [0, 0.1) is 5.92 Å². The van der Waals surface area contributed by atoms with E-state index in [1.165, 1.54) is 11.5 Å². The molecule has 2 fully saturated rings. The number of carbonyl (C=O) groups is 3. The van der Waals surface area contributed by atoms with Gasteiger partial charge in [-0.1, -0.05) is 18.4 Å². The Morgan fingerprint density at radius 2 is 1.96 bits per heavy atom. The number of nitrogens with zero attached hydrogens (tertiary/aromatic N) is 1. The van der Waals surface area contributed by atoms with E-state index in [1.807, 2.05) is 12.1 Å². The van der Waals surface area contributed by atoms with Crippen molar-refractivity contribution in [3.63, 3.8) is 0 Å². The fourth-order valence-electron chi connectivity index (χ4n) is 4.00. The third-order valence-corrected chi connectivity index (χ3v) is 5.37. The molecule has 26 heavy (non-hydrogen) atoms. The summed E-state index contributed by atoms with van der Waals surface area (Å²) < 4.78 is 0. The van der Waals surface area contributed by atoms with Crippen LogP contribution < -0.4 is 10.6 Å². The molecule has 4 rings (SSSR count). The van der Waals surface area contributed by atoms with Crippen LogP contribution >= 0.6 is 0 Å². The van der Waals surface area contributed by atoms with Crippen molar-refractivity contribution in [1.82, 2.24) is 15.5 Å². The molecule has 1 radical (unpaired) electrons. The third kappa shape index (κ3) is 3.73. The molecule has 2 N–H and O–H groups in total. The minimum absolute atomic E-state index is 0. The molecule has 2 saturated heterocycles. The van der Waals surface area contributed by atoms with Gasteiger partial charge in [0, 0.05) is 51.2 Å². The van der Waals surface area contributed by atoms with E-state index >= 15 is 0 Å². The van der Waals surface area contributed by atoms with Gasteiger partial charge in [0.2, 0.25) is 11.8 Å². The average Bonchev–Trinajstić information content (AvgIpc) is 2.78. The molecule has 0 spiro atoms. The normalized spacial score (nSPS) is 23.2. The van der Waals surface area contributed by atoms with Crippen molar-refractivity contribution in [1.29, 1.82) is 0 Å². The molecule has 0 saturated carbocycles. The van der Waals surface area contributed by atoms with Crippen LogP contribution in [0.1, 0.15) is 53.6 Å². The second-order valence-electron chi connectivity index (χ2n) is 6.98. The zero-order chi connectivity index (χ0) is 17.4. The van der Waals surface area contributed by atoms with Crippen LogP contribution in [0.25, 0.3) is 0 Å². The van der Waals surface area contributed by atoms with Gasteiger partial charge in [0.15, 0.2) is 0 Å². The number of amides is 3. The first-order valence-corrected chi connectivity index (χ1v) is 8.97. The molecular weight excluding hydrogens is 407 g/mol.